The molecule has 0 aromatic rings. The summed E-state index contributed by atoms with van der Waals surface area (Å²) in [5.41, 5.74) is 0. The Bertz CT molecular complexity index is 296. The molecule has 0 aliphatic heterocycles. The standard InChI is InChI=1S/C16H32N2O4/c1-14(2)16(21)18-10-6-4-8-12-22-11-7-3-5-9-17-15(20)13-19/h14,19H,3-13H2,1-2H3,(H,17,20)(H,18,21). The van der Waals surface area contributed by atoms with Crippen LogP contribution in [0.25, 0.3) is 0 Å². The zero-order valence-electron chi connectivity index (χ0n) is 14.0. The monoisotopic (exact) mass is 316 g/mol. The van der Waals surface area contributed by atoms with E-state index < -0.39 is 6.61 Å². The summed E-state index contributed by atoms with van der Waals surface area (Å²) in [4.78, 5) is 22.1. The minimum Gasteiger partial charge on any atom is -0.387 e. The minimum atomic E-state index is -0.440. The van der Waals surface area contributed by atoms with Gasteiger partial charge in [-0.25, -0.2) is 0 Å². The smallest absolute Gasteiger partial charge is 0.245 e. The zero-order valence-corrected chi connectivity index (χ0v) is 14.0. The summed E-state index contributed by atoms with van der Waals surface area (Å²) >= 11 is 0. The molecule has 0 radical (unpaired) electrons. The number of hydrogen-bond donors (Lipinski definition) is 3. The molecule has 0 spiro atoms. The summed E-state index contributed by atoms with van der Waals surface area (Å²) in [6.45, 7) is 6.22. The molecule has 6 nitrogen and oxygen atoms in total. The first-order chi connectivity index (χ1) is 10.6. The predicted molar refractivity (Wildman–Crippen MR) is 86.5 cm³/mol. The van der Waals surface area contributed by atoms with Crippen LogP contribution >= 0.6 is 0 Å². The number of ether oxygens (including phenoxy) is 1. The Kier molecular flexibility index (Phi) is 14.0. The van der Waals surface area contributed by atoms with Crippen LogP contribution in [0.15, 0.2) is 0 Å². The molecule has 3 N–H and O–H groups in total. The number of carbonyl (C=O) groups excluding carboxylic acids is 2. The highest BCUT2D eigenvalue weighted by Gasteiger charge is 2.04. The van der Waals surface area contributed by atoms with Crippen molar-refractivity contribution >= 4 is 11.8 Å². The molecule has 0 unspecified atom stereocenters. The number of nitrogens with one attached hydrogen (secondary N) is 2. The Morgan fingerprint density at radius 1 is 0.909 bits per heavy atom. The number of amides is 2. The van der Waals surface area contributed by atoms with Crippen molar-refractivity contribution < 1.29 is 19.4 Å². The number of rotatable bonds is 14. The third-order valence-electron chi connectivity index (χ3n) is 3.22. The molecule has 0 rings (SSSR count). The fourth-order valence-corrected chi connectivity index (χ4v) is 1.81. The first-order valence-corrected chi connectivity index (χ1v) is 8.31. The molecule has 0 aliphatic carbocycles. The van der Waals surface area contributed by atoms with E-state index in [0.29, 0.717) is 6.54 Å². The van der Waals surface area contributed by atoms with E-state index in [4.69, 9.17) is 9.84 Å². The van der Waals surface area contributed by atoms with E-state index >= 15 is 0 Å². The molecule has 0 atom stereocenters. The number of aliphatic hydroxyl groups is 1. The SMILES string of the molecule is CC(C)C(=O)NCCCCCOCCCCCNC(=O)CO. The molecule has 0 saturated heterocycles. The van der Waals surface area contributed by atoms with Crippen LogP contribution in [0.5, 0.6) is 0 Å². The second kappa shape index (κ2) is 14.8. The van der Waals surface area contributed by atoms with Crippen molar-refractivity contribution in [2.45, 2.75) is 52.4 Å². The van der Waals surface area contributed by atoms with Gasteiger partial charge in [0.2, 0.25) is 11.8 Å². The first kappa shape index (κ1) is 20.9. The maximum Gasteiger partial charge on any atom is 0.245 e. The zero-order chi connectivity index (χ0) is 16.6. The average Bonchev–Trinajstić information content (AvgIpc) is 2.51. The fourth-order valence-electron chi connectivity index (χ4n) is 1.81. The van der Waals surface area contributed by atoms with Crippen LogP contribution in [0.1, 0.15) is 52.4 Å². The Balaban J connectivity index is 3.12. The van der Waals surface area contributed by atoms with Crippen LogP contribution in [0.4, 0.5) is 0 Å². The van der Waals surface area contributed by atoms with Crippen molar-refractivity contribution in [3.8, 4) is 0 Å². The number of hydrogen-bond acceptors (Lipinski definition) is 4. The molecule has 130 valence electrons. The number of unbranched alkanes of at least 4 members (excludes halogenated alkanes) is 4. The molecule has 0 aromatic carbocycles. The lowest BCUT2D eigenvalue weighted by Crippen LogP contribution is -2.28. The van der Waals surface area contributed by atoms with E-state index in [0.717, 1.165) is 58.3 Å². The fraction of sp³-hybridized carbons (Fsp3) is 0.875. The molecule has 2 amide bonds. The summed E-state index contributed by atoms with van der Waals surface area (Å²) < 4.78 is 5.53. The van der Waals surface area contributed by atoms with Crippen molar-refractivity contribution in [1.29, 1.82) is 0 Å². The van der Waals surface area contributed by atoms with Crippen molar-refractivity contribution in [2.24, 2.45) is 5.92 Å². The Labute approximate surface area is 134 Å². The highest BCUT2D eigenvalue weighted by Crippen LogP contribution is 1.99. The lowest BCUT2D eigenvalue weighted by molar-refractivity contribution is -0.124. The molecular formula is C16H32N2O4. The lowest BCUT2D eigenvalue weighted by Gasteiger charge is -2.07. The maximum absolute atomic E-state index is 11.3. The predicted octanol–water partition coefficient (Wildman–Crippen LogP) is 1.22. The maximum atomic E-state index is 11.3. The summed E-state index contributed by atoms with van der Waals surface area (Å²) in [6.07, 6.45) is 5.97. The lowest BCUT2D eigenvalue weighted by atomic mass is 10.2. The molecule has 0 heterocycles. The van der Waals surface area contributed by atoms with Gasteiger partial charge >= 0.3 is 0 Å². The van der Waals surface area contributed by atoms with E-state index in [1.165, 1.54) is 0 Å². The summed E-state index contributed by atoms with van der Waals surface area (Å²) in [5.74, 6) is -0.146. The molecule has 0 aromatic heterocycles. The Morgan fingerprint density at radius 3 is 1.95 bits per heavy atom. The second-order valence-corrected chi connectivity index (χ2v) is 5.69. The van der Waals surface area contributed by atoms with Gasteiger partial charge in [-0.3, -0.25) is 9.59 Å². The van der Waals surface area contributed by atoms with Crippen LogP contribution in [0.3, 0.4) is 0 Å². The van der Waals surface area contributed by atoms with Crippen molar-refractivity contribution in [3.05, 3.63) is 0 Å². The minimum absolute atomic E-state index is 0.0558. The van der Waals surface area contributed by atoms with E-state index in [1.54, 1.807) is 0 Å². The highest BCUT2D eigenvalue weighted by atomic mass is 16.5. The molecule has 22 heavy (non-hydrogen) atoms. The van der Waals surface area contributed by atoms with Crippen molar-refractivity contribution in [2.75, 3.05) is 32.9 Å². The van der Waals surface area contributed by atoms with E-state index in [2.05, 4.69) is 10.6 Å². The van der Waals surface area contributed by atoms with Crippen molar-refractivity contribution in [1.82, 2.24) is 10.6 Å². The van der Waals surface area contributed by atoms with Crippen LogP contribution in [-0.4, -0.2) is 49.8 Å². The van der Waals surface area contributed by atoms with Crippen LogP contribution in [0.2, 0.25) is 0 Å². The van der Waals surface area contributed by atoms with Gasteiger partial charge in [0.05, 0.1) is 0 Å². The van der Waals surface area contributed by atoms with Crippen LogP contribution in [-0.2, 0) is 14.3 Å². The molecular weight excluding hydrogens is 284 g/mol. The number of aliphatic hydroxyl groups excluding tert-OH is 1. The van der Waals surface area contributed by atoms with E-state index in [-0.39, 0.29) is 17.7 Å². The van der Waals surface area contributed by atoms with Crippen LogP contribution < -0.4 is 10.6 Å². The van der Waals surface area contributed by atoms with Gasteiger partial charge in [-0.2, -0.15) is 0 Å². The second-order valence-electron chi connectivity index (χ2n) is 5.69. The van der Waals surface area contributed by atoms with Gasteiger partial charge in [0.15, 0.2) is 0 Å². The van der Waals surface area contributed by atoms with Gasteiger partial charge in [0.1, 0.15) is 6.61 Å². The molecule has 0 saturated carbocycles. The van der Waals surface area contributed by atoms with Crippen LogP contribution in [0, 0.1) is 5.92 Å². The largest absolute Gasteiger partial charge is 0.387 e. The molecule has 0 fully saturated rings. The normalized spacial score (nSPS) is 10.7. The van der Waals surface area contributed by atoms with Gasteiger partial charge in [-0.15, -0.1) is 0 Å². The van der Waals surface area contributed by atoms with Gasteiger partial charge in [0, 0.05) is 32.2 Å². The summed E-state index contributed by atoms with van der Waals surface area (Å²) in [5, 5.41) is 14.0. The highest BCUT2D eigenvalue weighted by molar-refractivity contribution is 5.77. The first-order valence-electron chi connectivity index (χ1n) is 8.31. The summed E-state index contributed by atoms with van der Waals surface area (Å²) in [6, 6.07) is 0. The Morgan fingerprint density at radius 2 is 1.45 bits per heavy atom. The molecule has 0 aliphatic rings. The third kappa shape index (κ3) is 13.8. The number of carbonyl (C=O) groups is 2. The summed E-state index contributed by atoms with van der Waals surface area (Å²) in [7, 11) is 0. The van der Waals surface area contributed by atoms with Gasteiger partial charge in [-0.05, 0) is 38.5 Å². The van der Waals surface area contributed by atoms with E-state index in [1.807, 2.05) is 13.8 Å². The van der Waals surface area contributed by atoms with Gasteiger partial charge in [-0.1, -0.05) is 13.8 Å². The molecule has 0 bridgehead atoms. The molecule has 6 heteroatoms. The van der Waals surface area contributed by atoms with E-state index in [9.17, 15) is 9.59 Å². The van der Waals surface area contributed by atoms with Gasteiger partial charge in [0.25, 0.3) is 0 Å². The van der Waals surface area contributed by atoms with Gasteiger partial charge < -0.3 is 20.5 Å². The Hall–Kier alpha value is -1.14. The quantitative estimate of drug-likeness (QED) is 0.421. The average molecular weight is 316 g/mol. The van der Waals surface area contributed by atoms with Crippen molar-refractivity contribution in [3.63, 3.8) is 0 Å². The topological polar surface area (TPSA) is 87.7 Å². The third-order valence-corrected chi connectivity index (χ3v) is 3.22.